The molecular formula is C26H30N5O4S+. The first-order valence-corrected chi connectivity index (χ1v) is 13.4. The number of nitrogens with two attached hydrogens (primary N) is 2. The zero-order valence-electron chi connectivity index (χ0n) is 20.5. The van der Waals surface area contributed by atoms with Gasteiger partial charge in [0.2, 0.25) is 5.91 Å². The molecular weight excluding hydrogens is 478 g/mol. The fourth-order valence-electron chi connectivity index (χ4n) is 4.60. The molecule has 2 aliphatic heterocycles. The number of hydrogen-bond acceptors (Lipinski definition) is 7. The number of primary amides is 1. The van der Waals surface area contributed by atoms with Crippen LogP contribution >= 0.6 is 0 Å². The molecule has 0 saturated heterocycles. The third-order valence-corrected chi connectivity index (χ3v) is 7.72. The highest BCUT2D eigenvalue weighted by Gasteiger charge is 2.46. The minimum Gasteiger partial charge on any atom is -0.497 e. The van der Waals surface area contributed by atoms with E-state index in [4.69, 9.17) is 26.3 Å². The van der Waals surface area contributed by atoms with Crippen molar-refractivity contribution in [2.24, 2.45) is 21.6 Å². The van der Waals surface area contributed by atoms with Crippen molar-refractivity contribution in [3.8, 4) is 5.75 Å². The van der Waals surface area contributed by atoms with Crippen molar-refractivity contribution < 1.29 is 17.9 Å². The van der Waals surface area contributed by atoms with Gasteiger partial charge in [-0.3, -0.25) is 4.79 Å². The molecule has 9 nitrogen and oxygen atoms in total. The van der Waals surface area contributed by atoms with Crippen molar-refractivity contribution in [3.05, 3.63) is 78.0 Å². The van der Waals surface area contributed by atoms with Crippen LogP contribution in [0.3, 0.4) is 0 Å². The molecule has 36 heavy (non-hydrogen) atoms. The summed E-state index contributed by atoms with van der Waals surface area (Å²) in [5, 5.41) is 4.97. The monoisotopic (exact) mass is 508 g/mol. The van der Waals surface area contributed by atoms with Gasteiger partial charge in [0, 0.05) is 36.6 Å². The number of aliphatic imine (C=N–C) groups is 1. The highest BCUT2D eigenvalue weighted by atomic mass is 32.2. The Bertz CT molecular complexity index is 1440. The van der Waals surface area contributed by atoms with Crippen molar-refractivity contribution in [2.75, 3.05) is 19.9 Å². The maximum atomic E-state index is 12.8. The number of sulfone groups is 1. The van der Waals surface area contributed by atoms with E-state index in [1.807, 2.05) is 37.4 Å². The van der Waals surface area contributed by atoms with Crippen LogP contribution < -0.4 is 20.8 Å². The van der Waals surface area contributed by atoms with Gasteiger partial charge >= 0.3 is 0 Å². The van der Waals surface area contributed by atoms with Crippen LogP contribution in [0.4, 0.5) is 5.69 Å². The van der Waals surface area contributed by atoms with Crippen LogP contribution in [-0.4, -0.2) is 45.8 Å². The molecule has 4 rings (SSSR count). The zero-order valence-corrected chi connectivity index (χ0v) is 21.3. The summed E-state index contributed by atoms with van der Waals surface area (Å²) in [6.07, 6.45) is 9.02. The Labute approximate surface area is 211 Å². The first kappa shape index (κ1) is 25.5. The predicted molar refractivity (Wildman–Crippen MR) is 141 cm³/mol. The molecule has 0 bridgehead atoms. The standard InChI is InChI=1S/C26H29N5O4S/c1-4-19-12-14-31(30-19,22-10-9-20(35-2)15-18(22)16-27)24-11-13-26(17-29-24,25(28)32)21-7-5-6-8-23(21)36(3,33)34/h5-15H,4,16-17,27H2,1-3H3,(H-,28,32)/p+1. The second-order valence-electron chi connectivity index (χ2n) is 8.76. The number of hydrogen-bond donors (Lipinski definition) is 2. The number of nitrogens with zero attached hydrogens (tertiary/aromatic N) is 3. The van der Waals surface area contributed by atoms with Gasteiger partial charge in [-0.2, -0.15) is 0 Å². The summed E-state index contributed by atoms with van der Waals surface area (Å²) in [7, 11) is -2.03. The van der Waals surface area contributed by atoms with Gasteiger partial charge in [-0.1, -0.05) is 40.9 Å². The number of methoxy groups -OCH3 is 1. The predicted octanol–water partition coefficient (Wildman–Crippen LogP) is 2.55. The van der Waals surface area contributed by atoms with Gasteiger partial charge in [-0.15, -0.1) is 0 Å². The van der Waals surface area contributed by atoms with Crippen LogP contribution in [0.15, 0.2) is 81.9 Å². The number of quaternary nitrogens is 1. The van der Waals surface area contributed by atoms with E-state index in [-0.39, 0.29) is 22.6 Å². The quantitative estimate of drug-likeness (QED) is 0.554. The molecule has 4 N–H and O–H groups in total. The van der Waals surface area contributed by atoms with E-state index in [2.05, 4.69) is 0 Å². The first-order valence-electron chi connectivity index (χ1n) is 11.5. The lowest BCUT2D eigenvalue weighted by atomic mass is 9.78. The second kappa shape index (κ2) is 9.45. The molecule has 0 aromatic heterocycles. The number of rotatable bonds is 7. The fraction of sp³-hybridized carbons (Fsp3) is 0.269. The number of dihydropyridines is 1. The van der Waals surface area contributed by atoms with E-state index in [0.29, 0.717) is 23.6 Å². The van der Waals surface area contributed by atoms with E-state index < -0.39 is 21.2 Å². The largest absolute Gasteiger partial charge is 0.497 e. The molecule has 10 heteroatoms. The van der Waals surface area contributed by atoms with Crippen LogP contribution in [0.25, 0.3) is 0 Å². The summed E-state index contributed by atoms with van der Waals surface area (Å²) in [4.78, 5) is 17.7. The lowest BCUT2D eigenvalue weighted by Crippen LogP contribution is -2.49. The van der Waals surface area contributed by atoms with Gasteiger partial charge in [0.1, 0.15) is 23.1 Å². The maximum absolute atomic E-state index is 12.8. The Morgan fingerprint density at radius 2 is 1.94 bits per heavy atom. The van der Waals surface area contributed by atoms with Gasteiger partial charge in [-0.25, -0.2) is 13.4 Å². The van der Waals surface area contributed by atoms with E-state index in [1.165, 1.54) is 6.07 Å². The van der Waals surface area contributed by atoms with Crippen molar-refractivity contribution in [2.45, 2.75) is 30.2 Å². The third kappa shape index (κ3) is 4.17. The lowest BCUT2D eigenvalue weighted by Gasteiger charge is -2.33. The van der Waals surface area contributed by atoms with E-state index >= 15 is 0 Å². The van der Waals surface area contributed by atoms with Crippen molar-refractivity contribution in [1.82, 2.24) is 4.59 Å². The van der Waals surface area contributed by atoms with Gasteiger partial charge in [0.25, 0.3) is 5.84 Å². The average Bonchev–Trinajstić information content (AvgIpc) is 3.33. The van der Waals surface area contributed by atoms with Crippen molar-refractivity contribution in [1.29, 1.82) is 0 Å². The van der Waals surface area contributed by atoms with Gasteiger partial charge < -0.3 is 16.2 Å². The molecule has 188 valence electrons. The van der Waals surface area contributed by atoms with Gasteiger partial charge in [0.15, 0.2) is 15.5 Å². The maximum Gasteiger partial charge on any atom is 0.259 e. The molecule has 2 aromatic rings. The molecule has 2 atom stereocenters. The Kier molecular flexibility index (Phi) is 6.70. The zero-order chi connectivity index (χ0) is 26.1. The summed E-state index contributed by atoms with van der Waals surface area (Å²) < 4.78 is 30.3. The number of ether oxygens (including phenoxy) is 1. The van der Waals surface area contributed by atoms with Gasteiger partial charge in [-0.05, 0) is 30.2 Å². The highest BCUT2D eigenvalue weighted by molar-refractivity contribution is 7.90. The molecule has 2 heterocycles. The topological polar surface area (TPSA) is 137 Å². The van der Waals surface area contributed by atoms with E-state index in [0.717, 1.165) is 23.2 Å². The fourth-order valence-corrected chi connectivity index (χ4v) is 5.57. The molecule has 2 aliphatic rings. The number of benzene rings is 2. The van der Waals surface area contributed by atoms with Crippen LogP contribution in [0.2, 0.25) is 0 Å². The molecule has 0 spiro atoms. The Hall–Kier alpha value is -3.60. The Balaban J connectivity index is 1.87. The molecule has 0 fully saturated rings. The Morgan fingerprint density at radius 1 is 1.19 bits per heavy atom. The Morgan fingerprint density at radius 3 is 2.50 bits per heavy atom. The summed E-state index contributed by atoms with van der Waals surface area (Å²) in [5.41, 5.74) is 13.3. The minimum atomic E-state index is -3.62. The number of carbonyl (C=O) groups is 1. The summed E-state index contributed by atoms with van der Waals surface area (Å²) in [6.45, 7) is 2.20. The van der Waals surface area contributed by atoms with Crippen molar-refractivity contribution in [3.63, 3.8) is 0 Å². The van der Waals surface area contributed by atoms with Crippen LogP contribution in [0.5, 0.6) is 5.75 Å². The minimum absolute atomic E-state index is 0.0453. The molecule has 2 unspecified atom stereocenters. The molecule has 1 amide bonds. The smallest absolute Gasteiger partial charge is 0.259 e. The van der Waals surface area contributed by atoms with Crippen molar-refractivity contribution >= 4 is 33.0 Å². The molecule has 2 aromatic carbocycles. The highest BCUT2D eigenvalue weighted by Crippen LogP contribution is 2.39. The SMILES string of the molecule is CCC1=N[N+](C2=NCC(C(N)=O)(c3ccccc3S(C)(=O)=O)C=C2)(c2ccc(OC)cc2CN)C=C1. The lowest BCUT2D eigenvalue weighted by molar-refractivity contribution is -0.121. The van der Waals surface area contributed by atoms with E-state index in [9.17, 15) is 13.2 Å². The van der Waals surface area contributed by atoms with Gasteiger partial charge in [0.05, 0.1) is 18.6 Å². The number of carbonyl (C=O) groups excluding carboxylic acids is 1. The van der Waals surface area contributed by atoms with Crippen LogP contribution in [-0.2, 0) is 26.6 Å². The van der Waals surface area contributed by atoms with Crippen LogP contribution in [0, 0.1) is 0 Å². The third-order valence-electron chi connectivity index (χ3n) is 6.57. The number of allylic oxidation sites excluding steroid dienone is 1. The summed E-state index contributed by atoms with van der Waals surface area (Å²) in [6, 6.07) is 12.0. The van der Waals surface area contributed by atoms with E-state index in [1.54, 1.807) is 37.5 Å². The molecule has 0 saturated carbocycles. The number of amides is 1. The second-order valence-corrected chi connectivity index (χ2v) is 10.7. The molecule has 0 radical (unpaired) electrons. The summed E-state index contributed by atoms with van der Waals surface area (Å²) in [5.74, 6) is 0.528. The average molecular weight is 509 g/mol. The number of amidine groups is 1. The normalized spacial score (nSPS) is 23.3. The first-order chi connectivity index (χ1) is 17.1. The summed E-state index contributed by atoms with van der Waals surface area (Å²) >= 11 is 0. The van der Waals surface area contributed by atoms with Crippen LogP contribution in [0.1, 0.15) is 24.5 Å². The molecule has 0 aliphatic carbocycles.